The van der Waals surface area contributed by atoms with Crippen molar-refractivity contribution < 1.29 is 94.0 Å². The number of anilines is 1. The molecule has 81 heavy (non-hydrogen) atoms. The molecule has 0 radical (unpaired) electrons. The fourth-order valence-corrected chi connectivity index (χ4v) is 10.7. The smallest absolute Gasteiger partial charge is 0.312 e. The van der Waals surface area contributed by atoms with Crippen molar-refractivity contribution in [3.8, 4) is 23.0 Å². The van der Waals surface area contributed by atoms with Gasteiger partial charge in [-0.25, -0.2) is 0 Å². The van der Waals surface area contributed by atoms with Crippen LogP contribution in [-0.4, -0.2) is 88.5 Å². The lowest BCUT2D eigenvalue weighted by molar-refractivity contribution is -0.385. The van der Waals surface area contributed by atoms with E-state index in [0.29, 0.717) is 24.6 Å². The Labute approximate surface area is 454 Å². The molecule has 0 aliphatic carbocycles. The molecular formula is C43H35N11O22S5. The summed E-state index contributed by atoms with van der Waals surface area (Å²) >= 11 is 0. The van der Waals surface area contributed by atoms with Gasteiger partial charge in [0.15, 0.2) is 17.2 Å². The molecule has 0 aliphatic heterocycles. The van der Waals surface area contributed by atoms with Gasteiger partial charge in [-0.3, -0.25) is 33.1 Å². The van der Waals surface area contributed by atoms with Crippen LogP contribution < -0.4 is 21.1 Å². The molecule has 33 nitrogen and oxygen atoms in total. The van der Waals surface area contributed by atoms with Crippen molar-refractivity contribution in [2.45, 2.75) is 44.7 Å². The van der Waals surface area contributed by atoms with Gasteiger partial charge < -0.3 is 25.4 Å². The van der Waals surface area contributed by atoms with Crippen LogP contribution in [0.3, 0.4) is 0 Å². The number of carbonyl (C=O) groups is 1. The van der Waals surface area contributed by atoms with Crippen molar-refractivity contribution in [1.82, 2.24) is 0 Å². The number of nitrogen functional groups attached to an aromatic ring is 1. The predicted octanol–water partition coefficient (Wildman–Crippen LogP) is 8.75. The van der Waals surface area contributed by atoms with Crippen LogP contribution in [0.5, 0.6) is 23.0 Å². The number of phenolic OH excluding ortho intramolecular Hbond substituents is 2. The lowest BCUT2D eigenvalue weighted by Gasteiger charge is -2.14. The Hall–Kier alpha value is -8.96. The Kier molecular flexibility index (Phi) is 16.7. The normalized spacial score (nSPS) is 12.9. The van der Waals surface area contributed by atoms with Gasteiger partial charge in [-0.2, -0.15) is 57.4 Å². The van der Waals surface area contributed by atoms with E-state index in [2.05, 4.69) is 45.2 Å². The number of nitro benzene ring substituents is 1. The third-order valence-corrected chi connectivity index (χ3v) is 15.6. The number of nitro groups is 1. The highest BCUT2D eigenvalue weighted by Crippen LogP contribution is 2.49. The van der Waals surface area contributed by atoms with E-state index in [1.807, 2.05) is 0 Å². The van der Waals surface area contributed by atoms with E-state index in [-0.39, 0.29) is 47.2 Å². The molecule has 38 heteroatoms. The third-order valence-electron chi connectivity index (χ3n) is 11.0. The molecule has 0 heterocycles. The zero-order valence-corrected chi connectivity index (χ0v) is 44.6. The summed E-state index contributed by atoms with van der Waals surface area (Å²) in [6.07, 6.45) is 0.423. The van der Waals surface area contributed by atoms with Gasteiger partial charge in [-0.15, -0.1) is 35.8 Å². The highest BCUT2D eigenvalue weighted by molar-refractivity contribution is 7.87. The van der Waals surface area contributed by atoms with E-state index >= 15 is 0 Å². The molecule has 0 aliphatic rings. The molecule has 7 rings (SSSR count). The minimum atomic E-state index is -5.61. The van der Waals surface area contributed by atoms with Crippen molar-refractivity contribution in [3.63, 3.8) is 0 Å². The van der Waals surface area contributed by atoms with Crippen molar-refractivity contribution >= 4 is 135 Å². The van der Waals surface area contributed by atoms with E-state index in [4.69, 9.17) is 21.1 Å². The number of aromatic hydroxyl groups is 2. The number of aryl methyl sites for hydroxylation is 1. The summed E-state index contributed by atoms with van der Waals surface area (Å²) in [6, 6.07) is 12.3. The standard InChI is InChI=1S/C43H35N11O22S5/c1-3-12-74-34-17-30(50-46-26-9-5-22(81(72,73)76-45)15-33(26)75-19-55)20(2)13-31(34)51-53-40-37(79(66,67)68)16-25-23(41(40)56)6-11-29(43(25)80(69,70)71)49-52-32-18-35(77(60,61)62)24-7-10-28(42(57)38(24)39(32)44)48-47-27-8-4-21(54(58)59)14-36(27)78(63,64)65/h4-11,13-19,56-57H,3,12,44-45H2,1-2H3,(H,60,61,62)(H,63,64,65)(H,66,67,68)(H,69,70,71). The maximum Gasteiger partial charge on any atom is 0.312 e. The number of non-ortho nitro benzene ring substituents is 1. The number of carbonyl (C=O) groups excluding carboxylic acids is 1. The third kappa shape index (κ3) is 12.7. The monoisotopic (exact) mass is 1220 g/mol. The number of nitrogens with zero attached hydrogens (tertiary/aromatic N) is 9. The number of ether oxygens (including phenoxy) is 2. The number of hydrogen-bond donors (Lipinski definition) is 8. The largest absolute Gasteiger partial charge is 0.505 e. The molecular weight excluding hydrogens is 1180 g/mol. The fraction of sp³-hybridized carbons (Fsp3) is 0.0930. The van der Waals surface area contributed by atoms with E-state index in [1.165, 1.54) is 19.1 Å². The number of rotatable bonds is 20. The second-order valence-electron chi connectivity index (χ2n) is 16.2. The molecule has 0 amide bonds. The Morgan fingerprint density at radius 2 is 1.15 bits per heavy atom. The lowest BCUT2D eigenvalue weighted by Crippen LogP contribution is -2.11. The average molecular weight is 1220 g/mol. The predicted molar refractivity (Wildman–Crippen MR) is 277 cm³/mol. The van der Waals surface area contributed by atoms with Gasteiger partial charge in [0, 0.05) is 40.4 Å². The van der Waals surface area contributed by atoms with Gasteiger partial charge in [-0.1, -0.05) is 13.0 Å². The van der Waals surface area contributed by atoms with Gasteiger partial charge in [0.05, 0.1) is 33.2 Å². The van der Waals surface area contributed by atoms with Crippen molar-refractivity contribution in [1.29, 1.82) is 0 Å². The van der Waals surface area contributed by atoms with Crippen LogP contribution in [0.25, 0.3) is 21.5 Å². The summed E-state index contributed by atoms with van der Waals surface area (Å²) in [5.74, 6) is 2.19. The molecule has 0 spiro atoms. The maximum atomic E-state index is 13.1. The molecule has 7 aromatic carbocycles. The van der Waals surface area contributed by atoms with Gasteiger partial charge in [0.1, 0.15) is 65.1 Å². The summed E-state index contributed by atoms with van der Waals surface area (Å²) in [6.45, 7) is 3.26. The van der Waals surface area contributed by atoms with E-state index < -0.39 is 153 Å². The fourth-order valence-electron chi connectivity index (χ4n) is 7.31. The van der Waals surface area contributed by atoms with Crippen LogP contribution in [0.15, 0.2) is 150 Å². The molecule has 0 saturated carbocycles. The van der Waals surface area contributed by atoms with Gasteiger partial charge >= 0.3 is 10.1 Å². The first-order chi connectivity index (χ1) is 37.8. The minimum absolute atomic E-state index is 0.00912. The van der Waals surface area contributed by atoms with Gasteiger partial charge in [0.2, 0.25) is 0 Å². The summed E-state index contributed by atoms with van der Waals surface area (Å²) in [7, 11) is -26.0. The quantitative estimate of drug-likeness (QED) is 0.00882. The Morgan fingerprint density at radius 3 is 1.77 bits per heavy atom. The second kappa shape index (κ2) is 22.7. The summed E-state index contributed by atoms with van der Waals surface area (Å²) in [5.41, 5.74) is 0.949. The first-order valence-electron chi connectivity index (χ1n) is 21.7. The zero-order chi connectivity index (χ0) is 59.7. The molecule has 7 aromatic rings. The molecule has 0 aromatic heterocycles. The summed E-state index contributed by atoms with van der Waals surface area (Å²) in [4.78, 5) is 16.3. The molecule has 0 fully saturated rings. The Morgan fingerprint density at radius 1 is 0.580 bits per heavy atom. The molecule has 424 valence electrons. The van der Waals surface area contributed by atoms with Crippen LogP contribution in [0.1, 0.15) is 18.9 Å². The van der Waals surface area contributed by atoms with Gasteiger partial charge in [-0.05, 0) is 73.5 Å². The first-order valence-corrected chi connectivity index (χ1v) is 28.9. The van der Waals surface area contributed by atoms with Crippen LogP contribution >= 0.6 is 0 Å². The van der Waals surface area contributed by atoms with Crippen LogP contribution in [0, 0.1) is 17.0 Å². The SMILES string of the molecule is CCCOc1cc(N=Nc2ccc(S(=O)(=O)ON)cc2OC=O)c(C)cc1N=Nc1c(S(=O)(=O)O)cc2c(S(=O)(=O)O)c(N=Nc3cc(S(=O)(=O)O)c4ccc(N=Nc5ccc([N+](=O)[O-])cc5S(=O)(=O)O)c(O)c4c3N)ccc2c1O. The topological polar surface area (TPSA) is 531 Å². The van der Waals surface area contributed by atoms with Gasteiger partial charge in [0.25, 0.3) is 52.6 Å². The van der Waals surface area contributed by atoms with E-state index in [9.17, 15) is 85.4 Å². The maximum absolute atomic E-state index is 13.1. The summed E-state index contributed by atoms with van der Waals surface area (Å²) in [5, 5.41) is 62.4. The minimum Gasteiger partial charge on any atom is -0.505 e. The number of hydrogen-bond acceptors (Lipinski definition) is 28. The Balaban J connectivity index is 1.33. The number of azo groups is 4. The highest BCUT2D eigenvalue weighted by Gasteiger charge is 2.30. The molecule has 0 bridgehead atoms. The van der Waals surface area contributed by atoms with Crippen molar-refractivity contribution in [2.75, 3.05) is 12.3 Å². The van der Waals surface area contributed by atoms with E-state index in [0.717, 1.165) is 54.6 Å². The summed E-state index contributed by atoms with van der Waals surface area (Å²) < 4.78 is 181. The van der Waals surface area contributed by atoms with Crippen molar-refractivity contribution in [2.24, 2.45) is 46.8 Å². The molecule has 0 unspecified atom stereocenters. The van der Waals surface area contributed by atoms with Crippen LogP contribution in [0.2, 0.25) is 0 Å². The van der Waals surface area contributed by atoms with E-state index in [1.54, 1.807) is 6.92 Å². The van der Waals surface area contributed by atoms with Crippen molar-refractivity contribution in [3.05, 3.63) is 101 Å². The highest BCUT2D eigenvalue weighted by atomic mass is 32.2. The zero-order valence-electron chi connectivity index (χ0n) is 40.5. The number of phenols is 2. The molecule has 10 N–H and O–H groups in total. The van der Waals surface area contributed by atoms with Crippen LogP contribution in [-0.2, 0) is 59.7 Å². The first kappa shape index (κ1) is 59.7. The second-order valence-corrected chi connectivity index (χ2v) is 23.3. The molecule has 0 saturated heterocycles. The number of fused-ring (bicyclic) bond motifs is 2. The number of benzene rings is 7. The average Bonchev–Trinajstić information content (AvgIpc) is 3.31. The number of nitrogens with two attached hydrogens (primary N) is 2. The van der Waals surface area contributed by atoms with Crippen LogP contribution in [0.4, 0.5) is 56.9 Å². The molecule has 0 atom stereocenters. The Bertz CT molecular complexity index is 4540. The lowest BCUT2D eigenvalue weighted by atomic mass is 10.1.